The summed E-state index contributed by atoms with van der Waals surface area (Å²) in [7, 11) is -3.80. The third-order valence-corrected chi connectivity index (χ3v) is 6.57. The van der Waals surface area contributed by atoms with Crippen LogP contribution in [0.25, 0.3) is 21.7 Å². The topological polar surface area (TPSA) is 103 Å². The molecule has 150 valence electrons. The minimum absolute atomic E-state index is 0.00796. The molecule has 2 N–H and O–H groups in total. The van der Waals surface area contributed by atoms with Crippen molar-refractivity contribution in [2.24, 2.45) is 5.14 Å². The lowest BCUT2D eigenvalue weighted by molar-refractivity contribution is 0.103. The zero-order valence-electron chi connectivity index (χ0n) is 15.3. The van der Waals surface area contributed by atoms with E-state index in [0.717, 1.165) is 10.4 Å². The molecule has 2 heterocycles. The summed E-state index contributed by atoms with van der Waals surface area (Å²) in [6.07, 6.45) is 1.55. The van der Waals surface area contributed by atoms with Crippen molar-refractivity contribution in [3.63, 3.8) is 0 Å². The summed E-state index contributed by atoms with van der Waals surface area (Å²) in [5.41, 5.74) is 2.38. The highest BCUT2D eigenvalue weighted by molar-refractivity contribution is 7.89. The number of thiazole rings is 1. The van der Waals surface area contributed by atoms with Crippen molar-refractivity contribution in [2.45, 2.75) is 4.90 Å². The number of aromatic nitrogens is 2. The molecule has 4 rings (SSSR count). The second-order valence-corrected chi connectivity index (χ2v) is 9.31. The number of nitrogens with zero attached hydrogens (tertiary/aromatic N) is 2. The lowest BCUT2D eigenvalue weighted by atomic mass is 10.1. The molecule has 2 aromatic heterocycles. The van der Waals surface area contributed by atoms with Gasteiger partial charge in [-0.1, -0.05) is 41.9 Å². The van der Waals surface area contributed by atoms with Gasteiger partial charge in [0.15, 0.2) is 5.01 Å². The molecule has 0 spiro atoms. The molecule has 0 atom stereocenters. The molecule has 0 aliphatic rings. The van der Waals surface area contributed by atoms with Gasteiger partial charge in [-0.25, -0.2) is 18.5 Å². The molecule has 0 saturated heterocycles. The molecule has 0 radical (unpaired) electrons. The first kappa shape index (κ1) is 20.4. The van der Waals surface area contributed by atoms with E-state index in [2.05, 4.69) is 9.97 Å². The summed E-state index contributed by atoms with van der Waals surface area (Å²) in [6, 6.07) is 18.3. The van der Waals surface area contributed by atoms with E-state index < -0.39 is 10.0 Å². The molecule has 9 heteroatoms. The number of primary sulfonamides is 1. The van der Waals surface area contributed by atoms with Crippen LogP contribution in [0, 0.1) is 0 Å². The van der Waals surface area contributed by atoms with Crippen molar-refractivity contribution in [3.8, 4) is 21.7 Å². The first-order valence-corrected chi connectivity index (χ1v) is 11.4. The number of rotatable bonds is 5. The number of ketones is 1. The SMILES string of the molecule is NS(=O)(=O)c1ccc(-c2sc(C(=O)c3ccccn3)nc2-c2ccc(Cl)cc2)cc1. The fourth-order valence-electron chi connectivity index (χ4n) is 2.82. The Morgan fingerprint density at radius 1 is 0.933 bits per heavy atom. The number of carbonyl (C=O) groups is 1. The smallest absolute Gasteiger partial charge is 0.239 e. The third-order valence-electron chi connectivity index (χ3n) is 4.28. The summed E-state index contributed by atoms with van der Waals surface area (Å²) in [4.78, 5) is 22.3. The largest absolute Gasteiger partial charge is 0.284 e. The number of nitrogens with two attached hydrogens (primary N) is 1. The number of benzene rings is 2. The third kappa shape index (κ3) is 4.17. The van der Waals surface area contributed by atoms with Crippen LogP contribution < -0.4 is 5.14 Å². The molecule has 30 heavy (non-hydrogen) atoms. The van der Waals surface area contributed by atoms with Gasteiger partial charge in [-0.2, -0.15) is 0 Å². The molecule has 0 aliphatic carbocycles. The summed E-state index contributed by atoms with van der Waals surface area (Å²) in [6.45, 7) is 0. The molecule has 0 saturated carbocycles. The van der Waals surface area contributed by atoms with E-state index in [-0.39, 0.29) is 15.7 Å². The van der Waals surface area contributed by atoms with Gasteiger partial charge in [-0.3, -0.25) is 9.78 Å². The van der Waals surface area contributed by atoms with Gasteiger partial charge in [-0.05, 0) is 42.0 Å². The van der Waals surface area contributed by atoms with Gasteiger partial charge in [-0.15, -0.1) is 11.3 Å². The van der Waals surface area contributed by atoms with E-state index in [1.807, 2.05) is 12.1 Å². The fraction of sp³-hybridized carbons (Fsp3) is 0. The standard InChI is InChI=1S/C21H14ClN3O3S2/c22-15-8-4-13(5-9-15)18-20(14-6-10-16(11-7-14)30(23,27)28)29-21(25-18)19(26)17-3-1-2-12-24-17/h1-12H,(H2,23,27,28). The molecule has 0 bridgehead atoms. The number of hydrogen-bond acceptors (Lipinski definition) is 6. The zero-order valence-corrected chi connectivity index (χ0v) is 17.7. The van der Waals surface area contributed by atoms with Crippen LogP contribution in [-0.2, 0) is 10.0 Å². The van der Waals surface area contributed by atoms with Crippen LogP contribution in [0.15, 0.2) is 77.8 Å². The van der Waals surface area contributed by atoms with Crippen LogP contribution >= 0.6 is 22.9 Å². The quantitative estimate of drug-likeness (QED) is 0.449. The zero-order chi connectivity index (χ0) is 21.3. The molecule has 0 amide bonds. The van der Waals surface area contributed by atoms with Crippen LogP contribution in [0.4, 0.5) is 0 Å². The molecular formula is C21H14ClN3O3S2. The van der Waals surface area contributed by atoms with E-state index in [1.165, 1.54) is 23.5 Å². The second kappa shape index (κ2) is 8.08. The first-order chi connectivity index (χ1) is 14.3. The first-order valence-electron chi connectivity index (χ1n) is 8.68. The van der Waals surface area contributed by atoms with E-state index in [0.29, 0.717) is 22.0 Å². The molecule has 2 aromatic carbocycles. The lowest BCUT2D eigenvalue weighted by Crippen LogP contribution is -2.11. The van der Waals surface area contributed by atoms with Crippen molar-refractivity contribution in [3.05, 3.63) is 88.7 Å². The summed E-state index contributed by atoms with van der Waals surface area (Å²) in [5, 5.41) is 6.05. The van der Waals surface area contributed by atoms with E-state index in [1.54, 1.807) is 48.7 Å². The van der Waals surface area contributed by atoms with Crippen LogP contribution in [-0.4, -0.2) is 24.2 Å². The maximum Gasteiger partial charge on any atom is 0.239 e. The molecular weight excluding hydrogens is 442 g/mol. The average molecular weight is 456 g/mol. The summed E-state index contributed by atoms with van der Waals surface area (Å²) >= 11 is 7.22. The predicted octanol–water partition coefficient (Wildman–Crippen LogP) is 4.40. The molecule has 4 aromatic rings. The van der Waals surface area contributed by atoms with Gasteiger partial charge < -0.3 is 0 Å². The summed E-state index contributed by atoms with van der Waals surface area (Å²) in [5.74, 6) is -0.289. The minimum atomic E-state index is -3.80. The van der Waals surface area contributed by atoms with Gasteiger partial charge in [0.25, 0.3) is 0 Å². The molecule has 0 fully saturated rings. The van der Waals surface area contributed by atoms with Crippen molar-refractivity contribution in [1.82, 2.24) is 9.97 Å². The number of hydrogen-bond donors (Lipinski definition) is 1. The van der Waals surface area contributed by atoms with Crippen molar-refractivity contribution in [2.75, 3.05) is 0 Å². The Bertz CT molecular complexity index is 1320. The molecule has 0 unspecified atom stereocenters. The average Bonchev–Trinajstić information content (AvgIpc) is 3.19. The van der Waals surface area contributed by atoms with Crippen LogP contribution in [0.5, 0.6) is 0 Å². The maximum absolute atomic E-state index is 12.9. The number of halogens is 1. The van der Waals surface area contributed by atoms with E-state index in [4.69, 9.17) is 16.7 Å². The van der Waals surface area contributed by atoms with Gasteiger partial charge in [0.05, 0.1) is 15.5 Å². The van der Waals surface area contributed by atoms with E-state index >= 15 is 0 Å². The monoisotopic (exact) mass is 455 g/mol. The summed E-state index contributed by atoms with van der Waals surface area (Å²) < 4.78 is 23.1. The minimum Gasteiger partial charge on any atom is -0.284 e. The fourth-order valence-corrected chi connectivity index (χ4v) is 4.50. The Kier molecular flexibility index (Phi) is 5.48. The second-order valence-electron chi connectivity index (χ2n) is 6.32. The Balaban J connectivity index is 1.84. The maximum atomic E-state index is 12.9. The van der Waals surface area contributed by atoms with Gasteiger partial charge >= 0.3 is 0 Å². The number of carbonyl (C=O) groups excluding carboxylic acids is 1. The molecule has 0 aliphatic heterocycles. The molecule has 6 nitrogen and oxygen atoms in total. The lowest BCUT2D eigenvalue weighted by Gasteiger charge is -2.04. The highest BCUT2D eigenvalue weighted by Gasteiger charge is 2.21. The van der Waals surface area contributed by atoms with E-state index in [9.17, 15) is 13.2 Å². The van der Waals surface area contributed by atoms with Crippen molar-refractivity contribution < 1.29 is 13.2 Å². The highest BCUT2D eigenvalue weighted by Crippen LogP contribution is 2.38. The van der Waals surface area contributed by atoms with Crippen LogP contribution in [0.1, 0.15) is 15.5 Å². The van der Waals surface area contributed by atoms with Gasteiger partial charge in [0.2, 0.25) is 15.8 Å². The van der Waals surface area contributed by atoms with Gasteiger partial charge in [0, 0.05) is 16.8 Å². The highest BCUT2D eigenvalue weighted by atomic mass is 35.5. The Labute approximate surface area is 182 Å². The number of pyridine rings is 1. The Morgan fingerprint density at radius 3 is 2.20 bits per heavy atom. The normalized spacial score (nSPS) is 11.4. The van der Waals surface area contributed by atoms with Crippen molar-refractivity contribution in [1.29, 1.82) is 0 Å². The Hall–Kier alpha value is -2.91. The van der Waals surface area contributed by atoms with Crippen LogP contribution in [0.2, 0.25) is 5.02 Å². The van der Waals surface area contributed by atoms with Crippen LogP contribution in [0.3, 0.4) is 0 Å². The predicted molar refractivity (Wildman–Crippen MR) is 117 cm³/mol. The van der Waals surface area contributed by atoms with Gasteiger partial charge in [0.1, 0.15) is 5.69 Å². The van der Waals surface area contributed by atoms with Crippen molar-refractivity contribution >= 4 is 38.7 Å². The Morgan fingerprint density at radius 2 is 1.60 bits per heavy atom. The number of sulfonamides is 1.